The summed E-state index contributed by atoms with van der Waals surface area (Å²) in [7, 11) is 1.31. The molecule has 0 bridgehead atoms. The first kappa shape index (κ1) is 18.6. The van der Waals surface area contributed by atoms with Gasteiger partial charge in [0.15, 0.2) is 0 Å². The van der Waals surface area contributed by atoms with Crippen LogP contribution in [0.25, 0.3) is 0 Å². The molecule has 6 nitrogen and oxygen atoms in total. The lowest BCUT2D eigenvalue weighted by molar-refractivity contribution is -0.135. The Morgan fingerprint density at radius 3 is 1.40 bits per heavy atom. The summed E-state index contributed by atoms with van der Waals surface area (Å²) in [6.07, 6.45) is 1.94. The minimum absolute atomic E-state index is 0.394. The molecule has 0 fully saturated rings. The molecule has 0 radical (unpaired) electrons. The van der Waals surface area contributed by atoms with Crippen LogP contribution in [0.3, 0.4) is 0 Å². The van der Waals surface area contributed by atoms with Crippen LogP contribution in [0.1, 0.15) is 6.92 Å². The number of rotatable bonds is 2. The van der Waals surface area contributed by atoms with E-state index in [2.05, 4.69) is 17.9 Å². The number of carbonyl (C=O) groups is 3. The summed E-state index contributed by atoms with van der Waals surface area (Å²) in [5.74, 6) is -2.21. The van der Waals surface area contributed by atoms with Crippen molar-refractivity contribution in [1.82, 2.24) is 0 Å². The van der Waals surface area contributed by atoms with Crippen LogP contribution in [0.5, 0.6) is 0 Å². The zero-order chi connectivity index (χ0) is 12.9. The van der Waals surface area contributed by atoms with Crippen molar-refractivity contribution in [2.75, 3.05) is 7.11 Å². The van der Waals surface area contributed by atoms with Crippen LogP contribution in [0, 0.1) is 0 Å². The average molecular weight is 218 g/mol. The molecule has 0 aliphatic heterocycles. The van der Waals surface area contributed by atoms with Gasteiger partial charge in [-0.2, -0.15) is 0 Å². The van der Waals surface area contributed by atoms with Gasteiger partial charge in [-0.15, -0.1) is 0 Å². The van der Waals surface area contributed by atoms with E-state index >= 15 is 0 Å². The van der Waals surface area contributed by atoms with Gasteiger partial charge in [0.05, 0.1) is 7.11 Å². The maximum Gasteiger partial charge on any atom is 0.329 e. The van der Waals surface area contributed by atoms with Crippen LogP contribution in [-0.2, 0) is 19.1 Å². The van der Waals surface area contributed by atoms with Crippen LogP contribution in [0.4, 0.5) is 0 Å². The van der Waals surface area contributed by atoms with E-state index in [0.29, 0.717) is 0 Å². The van der Waals surface area contributed by atoms with Crippen molar-refractivity contribution in [3.05, 3.63) is 25.3 Å². The Kier molecular flexibility index (Phi) is 17.9. The molecule has 0 aromatic heterocycles. The molecule has 0 aliphatic carbocycles. The first-order valence-electron chi connectivity index (χ1n) is 3.57. The van der Waals surface area contributed by atoms with Gasteiger partial charge in [-0.25, -0.2) is 9.59 Å². The van der Waals surface area contributed by atoms with Crippen molar-refractivity contribution in [3.63, 3.8) is 0 Å². The summed E-state index contributed by atoms with van der Waals surface area (Å²) in [6, 6.07) is 0. The Bertz CT molecular complexity index is 227. The van der Waals surface area contributed by atoms with Gasteiger partial charge in [-0.3, -0.25) is 4.79 Å². The van der Waals surface area contributed by atoms with Gasteiger partial charge in [-0.1, -0.05) is 13.2 Å². The van der Waals surface area contributed by atoms with E-state index in [-0.39, 0.29) is 0 Å². The number of hydrogen-bond donors (Lipinski definition) is 2. The van der Waals surface area contributed by atoms with Gasteiger partial charge in [0.2, 0.25) is 0 Å². The molecule has 0 unspecified atom stereocenters. The second-order valence-electron chi connectivity index (χ2n) is 1.79. The summed E-state index contributed by atoms with van der Waals surface area (Å²) in [4.78, 5) is 28.1. The van der Waals surface area contributed by atoms with Crippen LogP contribution in [0.15, 0.2) is 25.3 Å². The van der Waals surface area contributed by atoms with E-state index in [1.54, 1.807) is 0 Å². The fourth-order valence-corrected chi connectivity index (χ4v) is 0.0833. The minimum atomic E-state index is -0.981. The molecule has 0 rings (SSSR count). The largest absolute Gasteiger partial charge is 0.481 e. The number of carboxylic acids is 2. The van der Waals surface area contributed by atoms with Gasteiger partial charge in [-0.05, 0) is 0 Å². The molecule has 2 N–H and O–H groups in total. The van der Waals surface area contributed by atoms with Crippen molar-refractivity contribution in [1.29, 1.82) is 0 Å². The summed E-state index contributed by atoms with van der Waals surface area (Å²) in [5.41, 5.74) is 0. The number of aliphatic carboxylic acids is 2. The van der Waals surface area contributed by atoms with Crippen molar-refractivity contribution < 1.29 is 29.3 Å². The molecule has 0 spiro atoms. The summed E-state index contributed by atoms with van der Waals surface area (Å²) in [5, 5.41) is 15.0. The van der Waals surface area contributed by atoms with E-state index < -0.39 is 17.9 Å². The first-order valence-corrected chi connectivity index (χ1v) is 3.57. The Morgan fingerprint density at radius 2 is 1.40 bits per heavy atom. The average Bonchev–Trinajstić information content (AvgIpc) is 2.16. The number of carbonyl (C=O) groups excluding carboxylic acids is 1. The van der Waals surface area contributed by atoms with Gasteiger partial charge in [0, 0.05) is 19.1 Å². The summed E-state index contributed by atoms with van der Waals surface area (Å²) < 4.78 is 4.14. The zero-order valence-electron chi connectivity index (χ0n) is 8.60. The van der Waals surface area contributed by atoms with E-state index in [0.717, 1.165) is 19.1 Å². The topological polar surface area (TPSA) is 101 Å². The molecule has 0 aromatic carbocycles. The van der Waals surface area contributed by atoms with Crippen LogP contribution >= 0.6 is 0 Å². The van der Waals surface area contributed by atoms with Gasteiger partial charge in [0.25, 0.3) is 5.97 Å². The standard InChI is InChI=1S/C4H6O2.C3H4O2.C2H4O2/c1-3-4(5)6-2;1-2-3(4)5;1-2(3)4/h3H,1H2,2H3;2H,1H2,(H,4,5);1H3,(H,3,4). The fraction of sp³-hybridized carbons (Fsp3) is 0.222. The molecule has 0 aliphatic rings. The zero-order valence-corrected chi connectivity index (χ0v) is 8.60. The molecular weight excluding hydrogens is 204 g/mol. The van der Waals surface area contributed by atoms with E-state index in [1.165, 1.54) is 7.11 Å². The Morgan fingerprint density at radius 1 is 1.13 bits per heavy atom. The molecule has 0 aromatic rings. The number of ether oxygens (including phenoxy) is 1. The van der Waals surface area contributed by atoms with Crippen molar-refractivity contribution in [3.8, 4) is 0 Å². The van der Waals surface area contributed by atoms with E-state index in [4.69, 9.17) is 15.0 Å². The normalized spacial score (nSPS) is 6.53. The highest BCUT2D eigenvalue weighted by atomic mass is 16.5. The molecule has 0 atom stereocenters. The smallest absolute Gasteiger partial charge is 0.329 e. The predicted molar refractivity (Wildman–Crippen MR) is 53.4 cm³/mol. The molecule has 0 saturated heterocycles. The lowest BCUT2D eigenvalue weighted by Gasteiger charge is -1.83. The lowest BCUT2D eigenvalue weighted by Crippen LogP contribution is -1.91. The van der Waals surface area contributed by atoms with Crippen molar-refractivity contribution in [2.45, 2.75) is 6.92 Å². The predicted octanol–water partition coefficient (Wildman–Crippen LogP) is 0.693. The second kappa shape index (κ2) is 14.4. The SMILES string of the molecule is C=CC(=O)O.C=CC(=O)OC.CC(=O)O. The van der Waals surface area contributed by atoms with Crippen LogP contribution < -0.4 is 0 Å². The fourth-order valence-electron chi connectivity index (χ4n) is 0.0833. The number of carboxylic acid groups (broad SMARTS) is 2. The van der Waals surface area contributed by atoms with E-state index in [9.17, 15) is 9.59 Å². The summed E-state index contributed by atoms with van der Waals surface area (Å²) in [6.45, 7) is 7.20. The third-order valence-corrected chi connectivity index (χ3v) is 0.542. The van der Waals surface area contributed by atoms with Gasteiger partial charge in [0.1, 0.15) is 0 Å². The Labute approximate surface area is 87.5 Å². The monoisotopic (exact) mass is 218 g/mol. The lowest BCUT2D eigenvalue weighted by atomic mass is 10.7. The highest BCUT2D eigenvalue weighted by Gasteiger charge is 1.81. The minimum Gasteiger partial charge on any atom is -0.481 e. The van der Waals surface area contributed by atoms with Gasteiger partial charge >= 0.3 is 11.9 Å². The molecule has 0 saturated carbocycles. The number of hydrogen-bond acceptors (Lipinski definition) is 4. The Balaban J connectivity index is -0.000000147. The molecule has 86 valence electrons. The quantitative estimate of drug-likeness (QED) is 0.522. The van der Waals surface area contributed by atoms with E-state index in [1.807, 2.05) is 0 Å². The maximum atomic E-state index is 9.84. The molecule has 15 heavy (non-hydrogen) atoms. The number of esters is 1. The Hall–Kier alpha value is -2.11. The molecule has 0 amide bonds. The molecule has 6 heteroatoms. The third-order valence-electron chi connectivity index (χ3n) is 0.542. The summed E-state index contributed by atoms with van der Waals surface area (Å²) >= 11 is 0. The highest BCUT2D eigenvalue weighted by molar-refractivity contribution is 5.80. The number of methoxy groups -OCH3 is 1. The second-order valence-corrected chi connectivity index (χ2v) is 1.79. The molecule has 0 heterocycles. The van der Waals surface area contributed by atoms with Crippen molar-refractivity contribution in [2.24, 2.45) is 0 Å². The first-order chi connectivity index (χ1) is 6.81. The highest BCUT2D eigenvalue weighted by Crippen LogP contribution is 1.67. The molecular formula is C9H14O6. The third kappa shape index (κ3) is 76.9. The maximum absolute atomic E-state index is 9.84. The van der Waals surface area contributed by atoms with Crippen LogP contribution in [-0.4, -0.2) is 35.2 Å². The van der Waals surface area contributed by atoms with Crippen molar-refractivity contribution >= 4 is 17.9 Å². The van der Waals surface area contributed by atoms with Gasteiger partial charge < -0.3 is 14.9 Å². The van der Waals surface area contributed by atoms with Crippen LogP contribution in [0.2, 0.25) is 0 Å².